The fraction of sp³-hybridized carbons (Fsp3) is 0.160. The van der Waals surface area contributed by atoms with Crippen molar-refractivity contribution in [1.82, 2.24) is 5.32 Å². The number of benzene rings is 3. The molecule has 158 valence electrons. The van der Waals surface area contributed by atoms with Crippen LogP contribution in [0, 0.1) is 11.6 Å². The molecule has 1 N–H and O–H groups in total. The molecule has 0 atom stereocenters. The molecule has 1 heterocycles. The highest BCUT2D eigenvalue weighted by Crippen LogP contribution is 2.36. The first-order valence-corrected chi connectivity index (χ1v) is 10.7. The number of nitrogens with one attached hydrogen (secondary N) is 1. The fourth-order valence-electron chi connectivity index (χ4n) is 3.48. The number of halogens is 2. The summed E-state index contributed by atoms with van der Waals surface area (Å²) in [5.41, 5.74) is 3.29. The Morgan fingerprint density at radius 1 is 1.00 bits per heavy atom. The number of thiophene rings is 1. The summed E-state index contributed by atoms with van der Waals surface area (Å²) in [5, 5.41) is 3.92. The third kappa shape index (κ3) is 4.81. The lowest BCUT2D eigenvalue weighted by molar-refractivity contribution is 0.0937. The van der Waals surface area contributed by atoms with Crippen LogP contribution in [0.4, 0.5) is 8.78 Å². The molecule has 0 aliphatic rings. The number of carbonyl (C=O) groups excluding carboxylic acids is 1. The zero-order chi connectivity index (χ0) is 21.8. The minimum absolute atomic E-state index is 0.142. The van der Waals surface area contributed by atoms with E-state index in [4.69, 9.17) is 4.74 Å². The van der Waals surface area contributed by atoms with E-state index in [1.807, 2.05) is 36.4 Å². The fourth-order valence-corrected chi connectivity index (χ4v) is 4.71. The first-order valence-electron chi connectivity index (χ1n) is 9.88. The molecular formula is C25H21F2NO2S. The van der Waals surface area contributed by atoms with Gasteiger partial charge in [0, 0.05) is 35.2 Å². The van der Waals surface area contributed by atoms with Crippen molar-refractivity contribution in [2.45, 2.75) is 6.42 Å². The number of amides is 1. The van der Waals surface area contributed by atoms with Crippen molar-refractivity contribution in [1.29, 1.82) is 0 Å². The maximum Gasteiger partial charge on any atom is 0.251 e. The Hall–Kier alpha value is -3.09. The molecule has 3 nitrogen and oxygen atoms in total. The third-order valence-corrected chi connectivity index (χ3v) is 6.17. The summed E-state index contributed by atoms with van der Waals surface area (Å²) in [5.74, 6) is -1.82. The normalized spacial score (nSPS) is 11.1. The molecular weight excluding hydrogens is 416 g/mol. The molecule has 0 saturated heterocycles. The highest BCUT2D eigenvalue weighted by molar-refractivity contribution is 7.19. The van der Waals surface area contributed by atoms with Crippen molar-refractivity contribution in [2.75, 3.05) is 20.3 Å². The SMILES string of the molecule is COCCNC(=O)c1cccc(-c2cccc3cc(Cc4ccc(F)c(F)c4)sc23)c1. The number of hydrogen-bond donors (Lipinski definition) is 1. The standard InChI is InChI=1S/C25H21F2NO2S/c1-30-11-10-28-25(29)19-6-2-4-17(14-19)21-7-3-5-18-15-20(31-24(18)21)12-16-8-9-22(26)23(27)13-16/h2-9,13-15H,10-12H2,1H3,(H,28,29). The van der Waals surface area contributed by atoms with Crippen LogP contribution in [-0.2, 0) is 11.2 Å². The van der Waals surface area contributed by atoms with E-state index in [2.05, 4.69) is 11.4 Å². The summed E-state index contributed by atoms with van der Waals surface area (Å²) in [6, 6.07) is 19.6. The van der Waals surface area contributed by atoms with E-state index in [9.17, 15) is 13.6 Å². The minimum atomic E-state index is -0.839. The second kappa shape index (κ2) is 9.37. The van der Waals surface area contributed by atoms with Gasteiger partial charge in [-0.15, -0.1) is 11.3 Å². The Bertz CT molecular complexity index is 1240. The molecule has 1 aromatic heterocycles. The molecule has 0 bridgehead atoms. The Morgan fingerprint density at radius 3 is 2.65 bits per heavy atom. The van der Waals surface area contributed by atoms with Crippen molar-refractivity contribution in [3.05, 3.63) is 94.4 Å². The number of methoxy groups -OCH3 is 1. The van der Waals surface area contributed by atoms with Gasteiger partial charge in [-0.1, -0.05) is 36.4 Å². The number of hydrogen-bond acceptors (Lipinski definition) is 3. The van der Waals surface area contributed by atoms with Gasteiger partial charge in [0.05, 0.1) is 6.61 Å². The molecule has 0 saturated carbocycles. The molecule has 0 fully saturated rings. The average molecular weight is 438 g/mol. The van der Waals surface area contributed by atoms with E-state index in [0.29, 0.717) is 25.1 Å². The maximum atomic E-state index is 13.6. The Kier molecular flexibility index (Phi) is 6.39. The van der Waals surface area contributed by atoms with Gasteiger partial charge < -0.3 is 10.1 Å². The zero-order valence-electron chi connectivity index (χ0n) is 17.0. The van der Waals surface area contributed by atoms with E-state index >= 15 is 0 Å². The highest BCUT2D eigenvalue weighted by Gasteiger charge is 2.12. The number of rotatable bonds is 7. The molecule has 4 rings (SSSR count). The van der Waals surface area contributed by atoms with Gasteiger partial charge in [-0.2, -0.15) is 0 Å². The summed E-state index contributed by atoms with van der Waals surface area (Å²) in [4.78, 5) is 13.5. The molecule has 0 aliphatic carbocycles. The minimum Gasteiger partial charge on any atom is -0.383 e. The zero-order valence-corrected chi connectivity index (χ0v) is 17.8. The summed E-state index contributed by atoms with van der Waals surface area (Å²) < 4.78 is 32.8. The second-order valence-electron chi connectivity index (χ2n) is 7.19. The van der Waals surface area contributed by atoms with Crippen LogP contribution < -0.4 is 5.32 Å². The molecule has 31 heavy (non-hydrogen) atoms. The van der Waals surface area contributed by atoms with Gasteiger partial charge in [-0.3, -0.25) is 4.79 Å². The Morgan fingerprint density at radius 2 is 1.84 bits per heavy atom. The van der Waals surface area contributed by atoms with Gasteiger partial charge in [-0.25, -0.2) is 8.78 Å². The maximum absolute atomic E-state index is 13.6. The van der Waals surface area contributed by atoms with Crippen LogP contribution in [0.2, 0.25) is 0 Å². The largest absolute Gasteiger partial charge is 0.383 e. The van der Waals surface area contributed by atoms with Crippen LogP contribution in [0.15, 0.2) is 66.7 Å². The molecule has 0 aliphatic heterocycles. The van der Waals surface area contributed by atoms with Gasteiger partial charge >= 0.3 is 0 Å². The van der Waals surface area contributed by atoms with Crippen molar-refractivity contribution < 1.29 is 18.3 Å². The smallest absolute Gasteiger partial charge is 0.251 e. The molecule has 3 aromatic carbocycles. The van der Waals surface area contributed by atoms with E-state index in [0.717, 1.165) is 37.7 Å². The van der Waals surface area contributed by atoms with Crippen LogP contribution in [0.25, 0.3) is 21.2 Å². The summed E-state index contributed by atoms with van der Waals surface area (Å²) >= 11 is 1.62. The summed E-state index contributed by atoms with van der Waals surface area (Å²) in [6.07, 6.45) is 0.526. The third-order valence-electron chi connectivity index (χ3n) is 4.99. The summed E-state index contributed by atoms with van der Waals surface area (Å²) in [7, 11) is 1.59. The van der Waals surface area contributed by atoms with Crippen LogP contribution in [0.5, 0.6) is 0 Å². The molecule has 4 aromatic rings. The Balaban J connectivity index is 1.63. The van der Waals surface area contributed by atoms with Crippen LogP contribution in [-0.4, -0.2) is 26.2 Å². The molecule has 0 unspecified atom stereocenters. The van der Waals surface area contributed by atoms with E-state index in [1.54, 1.807) is 30.6 Å². The lowest BCUT2D eigenvalue weighted by atomic mass is 10.0. The number of carbonyl (C=O) groups is 1. The van der Waals surface area contributed by atoms with E-state index in [1.165, 1.54) is 6.07 Å². The van der Waals surface area contributed by atoms with Crippen molar-refractivity contribution in [3.63, 3.8) is 0 Å². The predicted octanol–water partition coefficient (Wildman–Crippen LogP) is 5.81. The molecule has 1 amide bonds. The first-order chi connectivity index (χ1) is 15.0. The van der Waals surface area contributed by atoms with Gasteiger partial charge in [0.15, 0.2) is 11.6 Å². The number of fused-ring (bicyclic) bond motifs is 1. The van der Waals surface area contributed by atoms with Crippen molar-refractivity contribution >= 4 is 27.3 Å². The van der Waals surface area contributed by atoms with Crippen LogP contribution in [0.3, 0.4) is 0 Å². The number of ether oxygens (including phenoxy) is 1. The Labute approximate surface area is 183 Å². The lowest BCUT2D eigenvalue weighted by Crippen LogP contribution is -2.26. The van der Waals surface area contributed by atoms with Crippen LogP contribution >= 0.6 is 11.3 Å². The van der Waals surface area contributed by atoms with Gasteiger partial charge in [0.2, 0.25) is 0 Å². The predicted molar refractivity (Wildman–Crippen MR) is 121 cm³/mol. The van der Waals surface area contributed by atoms with E-state index < -0.39 is 11.6 Å². The van der Waals surface area contributed by atoms with Gasteiger partial charge in [0.25, 0.3) is 5.91 Å². The van der Waals surface area contributed by atoms with E-state index in [-0.39, 0.29) is 5.91 Å². The van der Waals surface area contributed by atoms with Gasteiger partial charge in [-0.05, 0) is 52.4 Å². The monoisotopic (exact) mass is 437 g/mol. The average Bonchev–Trinajstić information content (AvgIpc) is 3.19. The highest BCUT2D eigenvalue weighted by atomic mass is 32.1. The lowest BCUT2D eigenvalue weighted by Gasteiger charge is -2.08. The first kappa shape index (κ1) is 21.2. The van der Waals surface area contributed by atoms with Crippen molar-refractivity contribution in [3.8, 4) is 11.1 Å². The summed E-state index contributed by atoms with van der Waals surface area (Å²) in [6.45, 7) is 0.911. The van der Waals surface area contributed by atoms with Crippen molar-refractivity contribution in [2.24, 2.45) is 0 Å². The quantitative estimate of drug-likeness (QED) is 0.370. The van der Waals surface area contributed by atoms with Gasteiger partial charge in [0.1, 0.15) is 0 Å². The van der Waals surface area contributed by atoms with Crippen LogP contribution in [0.1, 0.15) is 20.8 Å². The molecule has 0 spiro atoms. The topological polar surface area (TPSA) is 38.3 Å². The molecule has 6 heteroatoms. The molecule has 0 radical (unpaired) electrons. The second-order valence-corrected chi connectivity index (χ2v) is 8.33.